The maximum Gasteiger partial charge on any atom is 0.193 e. The van der Waals surface area contributed by atoms with Crippen molar-refractivity contribution in [1.29, 1.82) is 0 Å². The molecule has 1 N–H and O–H groups in total. The van der Waals surface area contributed by atoms with E-state index in [4.69, 9.17) is 0 Å². The van der Waals surface area contributed by atoms with Gasteiger partial charge in [0.2, 0.25) is 0 Å². The zero-order valence-electron chi connectivity index (χ0n) is 22.5. The van der Waals surface area contributed by atoms with E-state index in [-0.39, 0.29) is 16.9 Å². The molecule has 1 aromatic carbocycles. The average molecular weight is 472 g/mol. The minimum Gasteiger partial charge on any atom is -0.347 e. The molecular weight excluding hydrogens is 430 g/mol. The summed E-state index contributed by atoms with van der Waals surface area (Å²) >= 11 is 0. The van der Waals surface area contributed by atoms with Gasteiger partial charge in [0.25, 0.3) is 0 Å². The lowest BCUT2D eigenvalue weighted by Crippen LogP contribution is -2.32. The zero-order chi connectivity index (χ0) is 25.9. The van der Waals surface area contributed by atoms with Crippen LogP contribution in [0, 0.1) is 18.3 Å². The monoisotopic (exact) mass is 471 g/mol. The maximum absolute atomic E-state index is 13.5. The third kappa shape index (κ3) is 5.58. The molecule has 0 saturated heterocycles. The van der Waals surface area contributed by atoms with E-state index in [9.17, 15) is 4.79 Å². The van der Waals surface area contributed by atoms with Crippen LogP contribution >= 0.6 is 0 Å². The third-order valence-corrected chi connectivity index (χ3v) is 7.08. The lowest BCUT2D eigenvalue weighted by Gasteiger charge is -2.35. The van der Waals surface area contributed by atoms with E-state index in [1.165, 1.54) is 35.1 Å². The van der Waals surface area contributed by atoms with E-state index in [1.54, 1.807) is 19.3 Å². The van der Waals surface area contributed by atoms with Crippen molar-refractivity contribution in [1.82, 2.24) is 9.88 Å². The SMILES string of the molecule is C=CNC(=NC)c1cn([C@@H](CC)C(C)(C)C)c(/C(C)=C(/C(=C)C2CC2)c2ccccc2C)cc1=O. The summed E-state index contributed by atoms with van der Waals surface area (Å²) in [6.07, 6.45) is 6.83. The number of nitrogens with zero attached hydrogens (tertiary/aromatic N) is 2. The van der Waals surface area contributed by atoms with E-state index in [0.717, 1.165) is 17.7 Å². The van der Waals surface area contributed by atoms with E-state index < -0.39 is 0 Å². The highest BCUT2D eigenvalue weighted by atomic mass is 16.1. The van der Waals surface area contributed by atoms with Gasteiger partial charge in [-0.25, -0.2) is 0 Å². The van der Waals surface area contributed by atoms with Crippen molar-refractivity contribution in [3.8, 4) is 0 Å². The summed E-state index contributed by atoms with van der Waals surface area (Å²) in [4.78, 5) is 17.8. The Morgan fingerprint density at radius 2 is 1.91 bits per heavy atom. The van der Waals surface area contributed by atoms with Crippen molar-refractivity contribution in [2.45, 2.75) is 66.8 Å². The fourth-order valence-corrected chi connectivity index (χ4v) is 5.11. The molecule has 0 amide bonds. The second-order valence-corrected chi connectivity index (χ2v) is 10.7. The van der Waals surface area contributed by atoms with Crippen LogP contribution in [-0.2, 0) is 0 Å². The average Bonchev–Trinajstić information content (AvgIpc) is 3.64. The maximum atomic E-state index is 13.5. The minimum atomic E-state index is -0.0597. The number of amidine groups is 1. The topological polar surface area (TPSA) is 46.4 Å². The summed E-state index contributed by atoms with van der Waals surface area (Å²) in [5.74, 6) is 1.04. The molecule has 1 heterocycles. The van der Waals surface area contributed by atoms with Gasteiger partial charge in [-0.2, -0.15) is 0 Å². The van der Waals surface area contributed by atoms with Gasteiger partial charge in [-0.15, -0.1) is 0 Å². The Morgan fingerprint density at radius 3 is 2.43 bits per heavy atom. The molecule has 2 aromatic rings. The first kappa shape index (κ1) is 26.5. The Morgan fingerprint density at radius 1 is 1.26 bits per heavy atom. The molecule has 1 aliphatic carbocycles. The molecule has 1 saturated carbocycles. The quantitative estimate of drug-likeness (QED) is 0.252. The molecule has 1 aromatic heterocycles. The minimum absolute atomic E-state index is 0.0121. The van der Waals surface area contributed by atoms with Crippen LogP contribution in [0.15, 0.2) is 71.2 Å². The van der Waals surface area contributed by atoms with Gasteiger partial charge in [0.05, 0.1) is 5.56 Å². The zero-order valence-corrected chi connectivity index (χ0v) is 22.5. The molecule has 0 bridgehead atoms. The molecule has 0 radical (unpaired) electrons. The number of hydrogen-bond donors (Lipinski definition) is 1. The Balaban J connectivity index is 2.40. The van der Waals surface area contributed by atoms with Crippen LogP contribution in [0.3, 0.4) is 0 Å². The van der Waals surface area contributed by atoms with Crippen LogP contribution < -0.4 is 10.7 Å². The Bertz CT molecular complexity index is 1230. The molecule has 0 aliphatic heterocycles. The van der Waals surface area contributed by atoms with E-state index in [2.05, 4.69) is 93.8 Å². The fourth-order valence-electron chi connectivity index (χ4n) is 5.11. The highest BCUT2D eigenvalue weighted by Gasteiger charge is 2.31. The number of allylic oxidation sites excluding steroid dienone is 3. The van der Waals surface area contributed by atoms with Crippen LogP contribution in [0.5, 0.6) is 0 Å². The van der Waals surface area contributed by atoms with Crippen molar-refractivity contribution in [3.63, 3.8) is 0 Å². The Hall–Kier alpha value is -3.14. The van der Waals surface area contributed by atoms with Crippen LogP contribution in [0.25, 0.3) is 11.1 Å². The molecule has 4 heteroatoms. The van der Waals surface area contributed by atoms with E-state index in [1.807, 2.05) is 6.20 Å². The van der Waals surface area contributed by atoms with Crippen LogP contribution in [0.2, 0.25) is 0 Å². The van der Waals surface area contributed by atoms with Gasteiger partial charge in [0.1, 0.15) is 5.84 Å². The predicted molar refractivity (Wildman–Crippen MR) is 151 cm³/mol. The third-order valence-electron chi connectivity index (χ3n) is 7.08. The normalized spacial score (nSPS) is 15.9. The molecule has 3 rings (SSSR count). The van der Waals surface area contributed by atoms with Crippen molar-refractivity contribution in [3.05, 3.63) is 94.1 Å². The molecule has 1 atom stereocenters. The number of aliphatic imine (C=N–C) groups is 1. The summed E-state index contributed by atoms with van der Waals surface area (Å²) in [6.45, 7) is 21.6. The van der Waals surface area contributed by atoms with Crippen LogP contribution in [0.1, 0.15) is 82.3 Å². The number of aryl methyl sites for hydroxylation is 1. The van der Waals surface area contributed by atoms with E-state index >= 15 is 0 Å². The predicted octanol–water partition coefficient (Wildman–Crippen LogP) is 7.16. The number of aromatic nitrogens is 1. The van der Waals surface area contributed by atoms with Gasteiger partial charge in [0, 0.05) is 31.0 Å². The molecule has 0 unspecified atom stereocenters. The van der Waals surface area contributed by atoms with Crippen molar-refractivity contribution in [2.75, 3.05) is 7.05 Å². The first-order valence-electron chi connectivity index (χ1n) is 12.6. The molecule has 186 valence electrons. The Labute approximate surface area is 211 Å². The summed E-state index contributed by atoms with van der Waals surface area (Å²) in [6, 6.07) is 10.4. The smallest absolute Gasteiger partial charge is 0.193 e. The standard InChI is InChI=1S/C31H41N3O/c1-10-28(31(6,7)8)34-19-25(30(32-9)33-11-2)27(35)18-26(34)22(5)29(21(4)23-16-17-23)24-15-13-12-14-20(24)3/h11-15,18-19,23,28H,2,4,10,16-17H2,1,3,5-9H3,(H,32,33)/b29-22-/t28-/m0/s1. The number of hydrogen-bond acceptors (Lipinski definition) is 2. The fraction of sp³-hybridized carbons (Fsp3) is 0.419. The molecule has 4 nitrogen and oxygen atoms in total. The largest absolute Gasteiger partial charge is 0.347 e. The molecule has 0 spiro atoms. The van der Waals surface area contributed by atoms with Gasteiger partial charge in [-0.1, -0.05) is 65.1 Å². The molecule has 35 heavy (non-hydrogen) atoms. The second-order valence-electron chi connectivity index (χ2n) is 10.7. The van der Waals surface area contributed by atoms with Crippen LogP contribution in [-0.4, -0.2) is 17.5 Å². The lowest BCUT2D eigenvalue weighted by atomic mass is 9.83. The van der Waals surface area contributed by atoms with Gasteiger partial charge in [0.15, 0.2) is 5.43 Å². The highest BCUT2D eigenvalue weighted by Crippen LogP contribution is 2.46. The summed E-state index contributed by atoms with van der Waals surface area (Å²) < 4.78 is 2.29. The van der Waals surface area contributed by atoms with Crippen molar-refractivity contribution < 1.29 is 0 Å². The van der Waals surface area contributed by atoms with Crippen molar-refractivity contribution in [2.24, 2.45) is 16.3 Å². The number of rotatable bonds is 8. The first-order chi connectivity index (χ1) is 16.5. The summed E-state index contributed by atoms with van der Waals surface area (Å²) in [5, 5.41) is 3.03. The van der Waals surface area contributed by atoms with Gasteiger partial charge >= 0.3 is 0 Å². The summed E-state index contributed by atoms with van der Waals surface area (Å²) in [7, 11) is 1.69. The number of benzene rings is 1. The van der Waals surface area contributed by atoms with E-state index in [0.29, 0.717) is 17.3 Å². The molecular formula is C31H41N3O. The van der Waals surface area contributed by atoms with Gasteiger partial charge < -0.3 is 9.88 Å². The van der Waals surface area contributed by atoms with Gasteiger partial charge in [-0.3, -0.25) is 9.79 Å². The number of pyridine rings is 1. The van der Waals surface area contributed by atoms with Crippen molar-refractivity contribution >= 4 is 17.0 Å². The second kappa shape index (κ2) is 10.6. The number of nitrogens with one attached hydrogen (secondary N) is 1. The Kier molecular flexibility index (Phi) is 8.04. The summed E-state index contributed by atoms with van der Waals surface area (Å²) in [5.41, 5.74) is 7.26. The lowest BCUT2D eigenvalue weighted by molar-refractivity contribution is 0.233. The molecule has 1 aliphatic rings. The van der Waals surface area contributed by atoms with Gasteiger partial charge in [-0.05, 0) is 78.5 Å². The highest BCUT2D eigenvalue weighted by molar-refractivity contribution is 6.00. The van der Waals surface area contributed by atoms with Crippen LogP contribution in [0.4, 0.5) is 0 Å². The molecule has 1 fully saturated rings. The first-order valence-corrected chi connectivity index (χ1v) is 12.6.